The maximum absolute atomic E-state index is 5.24. The van der Waals surface area contributed by atoms with Gasteiger partial charge < -0.3 is 0 Å². The fraction of sp³-hybridized carbons (Fsp3) is 0.143. The topological polar surface area (TPSA) is 9.23 Å². The van der Waals surface area contributed by atoms with E-state index in [0.717, 1.165) is 5.75 Å². The standard InChI is InChI=1S/C6H6O.CH3.Mn/c7-6-4-2-1-3-5-6;;/h1-5,7H;1H3;/q;;+1/p-1. The predicted molar refractivity (Wildman–Crippen MR) is 32.9 cm³/mol. The molecule has 2 heteroatoms. The van der Waals surface area contributed by atoms with Crippen LogP contribution in [0.2, 0.25) is 5.82 Å². The monoisotopic (exact) mass is 163 g/mol. The molecule has 0 unspecified atom stereocenters. The van der Waals surface area contributed by atoms with Crippen LogP contribution in [0.15, 0.2) is 30.3 Å². The van der Waals surface area contributed by atoms with Crippen molar-refractivity contribution in [1.29, 1.82) is 0 Å². The van der Waals surface area contributed by atoms with Crippen LogP contribution in [0.1, 0.15) is 0 Å². The van der Waals surface area contributed by atoms with Gasteiger partial charge in [0.2, 0.25) is 0 Å². The van der Waals surface area contributed by atoms with Crippen molar-refractivity contribution >= 4 is 0 Å². The van der Waals surface area contributed by atoms with Crippen LogP contribution in [0.25, 0.3) is 0 Å². The summed E-state index contributed by atoms with van der Waals surface area (Å²) in [5.41, 5.74) is 0. The van der Waals surface area contributed by atoms with Gasteiger partial charge in [-0.3, -0.25) is 0 Å². The SMILES string of the molecule is [CH3][Mn][O]c1ccccc1. The average Bonchev–Trinajstić information content (AvgIpc) is 1.91. The number of hydrogen-bond acceptors (Lipinski definition) is 1. The molecule has 9 heavy (non-hydrogen) atoms. The number of rotatable bonds is 2. The first-order valence-corrected chi connectivity index (χ1v) is 4.31. The molecule has 1 aromatic carbocycles. The molecule has 1 nitrogen and oxygen atoms in total. The van der Waals surface area contributed by atoms with Crippen molar-refractivity contribution in [2.45, 2.75) is 5.82 Å². The van der Waals surface area contributed by atoms with E-state index >= 15 is 0 Å². The van der Waals surface area contributed by atoms with E-state index in [-0.39, 0.29) is 0 Å². The number of para-hydroxylation sites is 1. The summed E-state index contributed by atoms with van der Waals surface area (Å²) in [6.07, 6.45) is 0. The summed E-state index contributed by atoms with van der Waals surface area (Å²) in [6, 6.07) is 9.83. The molecule has 0 saturated heterocycles. The quantitative estimate of drug-likeness (QED) is 0.606. The Morgan fingerprint density at radius 1 is 1.22 bits per heavy atom. The van der Waals surface area contributed by atoms with Crippen LogP contribution < -0.4 is 3.82 Å². The van der Waals surface area contributed by atoms with Gasteiger partial charge in [-0.1, -0.05) is 0 Å². The molecule has 0 fully saturated rings. The van der Waals surface area contributed by atoms with Crippen LogP contribution in [-0.2, 0) is 15.3 Å². The van der Waals surface area contributed by atoms with Crippen molar-refractivity contribution in [3.05, 3.63) is 30.3 Å². The normalized spacial score (nSPS) is 9.00. The van der Waals surface area contributed by atoms with Crippen molar-refractivity contribution < 1.29 is 19.1 Å². The van der Waals surface area contributed by atoms with Crippen molar-refractivity contribution in [2.24, 2.45) is 0 Å². The molecule has 0 aromatic heterocycles. The van der Waals surface area contributed by atoms with Gasteiger partial charge in [0.15, 0.2) is 0 Å². The first-order chi connectivity index (χ1) is 4.43. The van der Waals surface area contributed by atoms with Gasteiger partial charge in [0.25, 0.3) is 0 Å². The summed E-state index contributed by atoms with van der Waals surface area (Å²) in [6.45, 7) is 0. The third kappa shape index (κ3) is 2.08. The zero-order chi connectivity index (χ0) is 6.53. The second-order valence-corrected chi connectivity index (χ2v) is 2.27. The molecular formula is C7H8MnO. The van der Waals surface area contributed by atoms with Crippen LogP contribution in [-0.4, -0.2) is 0 Å². The summed E-state index contributed by atoms with van der Waals surface area (Å²) in [5.74, 6) is 2.97. The second-order valence-electron chi connectivity index (χ2n) is 1.54. The first kappa shape index (κ1) is 6.66. The van der Waals surface area contributed by atoms with Crippen LogP contribution in [0.4, 0.5) is 0 Å². The van der Waals surface area contributed by atoms with Crippen molar-refractivity contribution in [3.63, 3.8) is 0 Å². The van der Waals surface area contributed by atoms with Crippen LogP contribution in [0, 0.1) is 0 Å². The predicted octanol–water partition coefficient (Wildman–Crippen LogP) is 2.11. The Balaban J connectivity index is 2.61. The summed E-state index contributed by atoms with van der Waals surface area (Å²) in [7, 11) is 0. The molecule has 0 aliphatic carbocycles. The van der Waals surface area contributed by atoms with E-state index in [1.165, 1.54) is 0 Å². The molecule has 0 radical (unpaired) electrons. The fourth-order valence-electron chi connectivity index (χ4n) is 0.561. The molecule has 0 amide bonds. The van der Waals surface area contributed by atoms with Gasteiger partial charge in [0.1, 0.15) is 0 Å². The van der Waals surface area contributed by atoms with E-state index in [9.17, 15) is 0 Å². The first-order valence-electron chi connectivity index (χ1n) is 2.65. The summed E-state index contributed by atoms with van der Waals surface area (Å²) >= 11 is 0.510. The Morgan fingerprint density at radius 2 is 1.89 bits per heavy atom. The van der Waals surface area contributed by atoms with Gasteiger partial charge in [0, 0.05) is 0 Å². The molecule has 0 heterocycles. The summed E-state index contributed by atoms with van der Waals surface area (Å²) in [5, 5.41) is 0. The van der Waals surface area contributed by atoms with E-state index in [1.807, 2.05) is 36.2 Å². The zero-order valence-electron chi connectivity index (χ0n) is 5.17. The molecule has 0 aliphatic heterocycles. The molecule has 0 atom stereocenters. The van der Waals surface area contributed by atoms with Crippen LogP contribution >= 0.6 is 0 Å². The average molecular weight is 163 g/mol. The molecule has 1 rings (SSSR count). The molecule has 0 aliphatic rings. The molecular weight excluding hydrogens is 155 g/mol. The maximum atomic E-state index is 5.24. The Labute approximate surface area is 61.5 Å². The zero-order valence-corrected chi connectivity index (χ0v) is 6.35. The Hall–Kier alpha value is -0.461. The van der Waals surface area contributed by atoms with Gasteiger partial charge in [-0.2, -0.15) is 0 Å². The van der Waals surface area contributed by atoms with Crippen molar-refractivity contribution in [2.75, 3.05) is 0 Å². The van der Waals surface area contributed by atoms with E-state index < -0.39 is 0 Å². The van der Waals surface area contributed by atoms with Crippen molar-refractivity contribution in [3.8, 4) is 5.75 Å². The second kappa shape index (κ2) is 3.54. The van der Waals surface area contributed by atoms with E-state index in [2.05, 4.69) is 0 Å². The van der Waals surface area contributed by atoms with Gasteiger partial charge in [-0.15, -0.1) is 0 Å². The molecule has 49 valence electrons. The van der Waals surface area contributed by atoms with Crippen molar-refractivity contribution in [1.82, 2.24) is 0 Å². The van der Waals surface area contributed by atoms with Crippen LogP contribution in [0.5, 0.6) is 5.75 Å². The molecule has 0 saturated carbocycles. The minimum absolute atomic E-state index is 0.510. The Kier molecular flexibility index (Phi) is 2.62. The van der Waals surface area contributed by atoms with E-state index in [0.29, 0.717) is 15.3 Å². The molecule has 0 spiro atoms. The fourth-order valence-corrected chi connectivity index (χ4v) is 1.000. The molecule has 0 N–H and O–H groups in total. The third-order valence-electron chi connectivity index (χ3n) is 0.909. The Morgan fingerprint density at radius 3 is 2.44 bits per heavy atom. The van der Waals surface area contributed by atoms with Gasteiger partial charge in [-0.05, 0) is 0 Å². The van der Waals surface area contributed by atoms with Gasteiger partial charge in [0.05, 0.1) is 0 Å². The summed E-state index contributed by atoms with van der Waals surface area (Å²) in [4.78, 5) is 0. The van der Waals surface area contributed by atoms with Gasteiger partial charge in [-0.25, -0.2) is 0 Å². The molecule has 0 bridgehead atoms. The number of benzene rings is 1. The Bertz CT molecular complexity index is 162. The van der Waals surface area contributed by atoms with E-state index in [4.69, 9.17) is 3.82 Å². The van der Waals surface area contributed by atoms with Crippen LogP contribution in [0.3, 0.4) is 0 Å². The third-order valence-corrected chi connectivity index (χ3v) is 1.43. The molecule has 1 aromatic rings. The number of hydrogen-bond donors (Lipinski definition) is 0. The van der Waals surface area contributed by atoms with Gasteiger partial charge >= 0.3 is 61.0 Å². The summed E-state index contributed by atoms with van der Waals surface area (Å²) < 4.78 is 5.24. The minimum atomic E-state index is 0.510. The van der Waals surface area contributed by atoms with E-state index in [1.54, 1.807) is 0 Å².